The van der Waals surface area contributed by atoms with Crippen LogP contribution in [0, 0.1) is 13.8 Å². The lowest BCUT2D eigenvalue weighted by molar-refractivity contribution is 0.0950. The van der Waals surface area contributed by atoms with E-state index in [1.54, 1.807) is 0 Å². The van der Waals surface area contributed by atoms with Gasteiger partial charge < -0.3 is 10.1 Å². The SMILES string of the molecule is Cc1nn(-c2ccccc2)c(C)c1CNC(=O)c1cccc(COc2ccc(C(C)C)cc2)c1. The van der Waals surface area contributed by atoms with Crippen molar-refractivity contribution in [2.45, 2.75) is 46.8 Å². The molecule has 1 aromatic heterocycles. The number of nitrogens with zero attached hydrogens (tertiary/aromatic N) is 2. The van der Waals surface area contributed by atoms with Crippen LogP contribution in [0.5, 0.6) is 5.75 Å². The van der Waals surface area contributed by atoms with E-state index in [1.165, 1.54) is 5.56 Å². The summed E-state index contributed by atoms with van der Waals surface area (Å²) in [4.78, 5) is 12.9. The Hall–Kier alpha value is -3.86. The van der Waals surface area contributed by atoms with Crippen LogP contribution in [0.4, 0.5) is 0 Å². The summed E-state index contributed by atoms with van der Waals surface area (Å²) in [5.74, 6) is 1.19. The van der Waals surface area contributed by atoms with Gasteiger partial charge in [0.25, 0.3) is 5.91 Å². The quantitative estimate of drug-likeness (QED) is 0.350. The normalized spacial score (nSPS) is 11.0. The minimum Gasteiger partial charge on any atom is -0.489 e. The Bertz CT molecular complexity index is 1260. The Kier molecular flexibility index (Phi) is 7.12. The number of carbonyl (C=O) groups excluding carboxylic acids is 1. The number of hydrogen-bond donors (Lipinski definition) is 1. The van der Waals surface area contributed by atoms with Crippen molar-refractivity contribution in [2.24, 2.45) is 0 Å². The molecule has 0 atom stereocenters. The molecular formula is C29H31N3O2. The summed E-state index contributed by atoms with van der Waals surface area (Å²) >= 11 is 0. The van der Waals surface area contributed by atoms with Gasteiger partial charge in [0.2, 0.25) is 0 Å². The van der Waals surface area contributed by atoms with Gasteiger partial charge in [-0.1, -0.05) is 56.3 Å². The zero-order chi connectivity index (χ0) is 24.1. The number of amides is 1. The van der Waals surface area contributed by atoms with Crippen LogP contribution in [0.3, 0.4) is 0 Å². The van der Waals surface area contributed by atoms with Gasteiger partial charge in [0, 0.05) is 23.4 Å². The van der Waals surface area contributed by atoms with Crippen molar-refractivity contribution in [1.82, 2.24) is 15.1 Å². The molecule has 0 fully saturated rings. The van der Waals surface area contributed by atoms with E-state index in [0.717, 1.165) is 34.0 Å². The molecule has 4 rings (SSSR count). The molecule has 174 valence electrons. The maximum Gasteiger partial charge on any atom is 0.251 e. The van der Waals surface area contributed by atoms with Crippen LogP contribution in [0.1, 0.15) is 58.2 Å². The number of carbonyl (C=O) groups is 1. The van der Waals surface area contributed by atoms with Gasteiger partial charge in [-0.15, -0.1) is 0 Å². The molecule has 34 heavy (non-hydrogen) atoms. The van der Waals surface area contributed by atoms with Gasteiger partial charge >= 0.3 is 0 Å². The molecule has 0 unspecified atom stereocenters. The molecule has 1 heterocycles. The summed E-state index contributed by atoms with van der Waals surface area (Å²) < 4.78 is 7.84. The Morgan fingerprint density at radius 3 is 2.41 bits per heavy atom. The molecule has 4 aromatic rings. The number of benzene rings is 3. The molecule has 0 radical (unpaired) electrons. The molecule has 0 saturated heterocycles. The van der Waals surface area contributed by atoms with E-state index >= 15 is 0 Å². The Morgan fingerprint density at radius 2 is 1.71 bits per heavy atom. The summed E-state index contributed by atoms with van der Waals surface area (Å²) in [7, 11) is 0. The predicted molar refractivity (Wildman–Crippen MR) is 136 cm³/mol. The highest BCUT2D eigenvalue weighted by molar-refractivity contribution is 5.94. The highest BCUT2D eigenvalue weighted by Crippen LogP contribution is 2.20. The van der Waals surface area contributed by atoms with Gasteiger partial charge in [-0.3, -0.25) is 4.79 Å². The monoisotopic (exact) mass is 453 g/mol. The summed E-state index contributed by atoms with van der Waals surface area (Å²) in [6.45, 7) is 9.17. The topological polar surface area (TPSA) is 56.2 Å². The molecule has 5 nitrogen and oxygen atoms in total. The van der Waals surface area contributed by atoms with E-state index in [1.807, 2.05) is 85.3 Å². The molecule has 1 amide bonds. The molecule has 0 spiro atoms. The predicted octanol–water partition coefficient (Wildman–Crippen LogP) is 6.12. The summed E-state index contributed by atoms with van der Waals surface area (Å²) in [5.41, 5.74) is 6.81. The molecule has 0 aliphatic carbocycles. The fourth-order valence-corrected chi connectivity index (χ4v) is 3.94. The minimum atomic E-state index is -0.116. The number of para-hydroxylation sites is 1. The third kappa shape index (κ3) is 5.37. The summed E-state index contributed by atoms with van der Waals surface area (Å²) in [6.07, 6.45) is 0. The van der Waals surface area contributed by atoms with Gasteiger partial charge in [0.15, 0.2) is 0 Å². The largest absolute Gasteiger partial charge is 0.489 e. The summed E-state index contributed by atoms with van der Waals surface area (Å²) in [5, 5.41) is 7.71. The van der Waals surface area contributed by atoms with Gasteiger partial charge in [-0.2, -0.15) is 5.10 Å². The molecule has 0 bridgehead atoms. The van der Waals surface area contributed by atoms with E-state index in [9.17, 15) is 4.79 Å². The van der Waals surface area contributed by atoms with E-state index in [0.29, 0.717) is 24.6 Å². The van der Waals surface area contributed by atoms with Crippen molar-refractivity contribution in [3.63, 3.8) is 0 Å². The van der Waals surface area contributed by atoms with Crippen LogP contribution >= 0.6 is 0 Å². The number of rotatable bonds is 8. The Morgan fingerprint density at radius 1 is 0.971 bits per heavy atom. The van der Waals surface area contributed by atoms with Crippen LogP contribution in [0.15, 0.2) is 78.9 Å². The Balaban J connectivity index is 1.39. The van der Waals surface area contributed by atoms with Crippen LogP contribution in [-0.2, 0) is 13.2 Å². The number of ether oxygens (including phenoxy) is 1. The lowest BCUT2D eigenvalue weighted by Crippen LogP contribution is -2.23. The highest BCUT2D eigenvalue weighted by Gasteiger charge is 2.14. The second-order valence-corrected chi connectivity index (χ2v) is 8.79. The van der Waals surface area contributed by atoms with Crippen molar-refractivity contribution in [3.8, 4) is 11.4 Å². The van der Waals surface area contributed by atoms with Crippen LogP contribution in [-0.4, -0.2) is 15.7 Å². The molecule has 3 aromatic carbocycles. The average molecular weight is 454 g/mol. The number of aromatic nitrogens is 2. The number of hydrogen-bond acceptors (Lipinski definition) is 3. The molecule has 0 saturated carbocycles. The molecular weight excluding hydrogens is 422 g/mol. The Labute approximate surface area is 201 Å². The highest BCUT2D eigenvalue weighted by atomic mass is 16.5. The van der Waals surface area contributed by atoms with E-state index in [-0.39, 0.29) is 5.91 Å². The first-order valence-electron chi connectivity index (χ1n) is 11.6. The summed E-state index contributed by atoms with van der Waals surface area (Å²) in [6, 6.07) is 25.7. The molecule has 5 heteroatoms. The fraction of sp³-hybridized carbons (Fsp3) is 0.241. The standard InChI is InChI=1S/C29H31N3O2/c1-20(2)24-13-15-27(16-14-24)34-19-23-9-8-10-25(17-23)29(33)30-18-28-21(3)31-32(22(28)4)26-11-6-5-7-12-26/h5-17,20H,18-19H2,1-4H3,(H,30,33). The lowest BCUT2D eigenvalue weighted by atomic mass is 10.0. The van der Waals surface area contributed by atoms with Crippen molar-refractivity contribution in [2.75, 3.05) is 0 Å². The van der Waals surface area contributed by atoms with Crippen LogP contribution in [0.25, 0.3) is 5.69 Å². The molecule has 0 aliphatic rings. The zero-order valence-corrected chi connectivity index (χ0v) is 20.2. The first kappa shape index (κ1) is 23.3. The zero-order valence-electron chi connectivity index (χ0n) is 20.2. The third-order valence-electron chi connectivity index (χ3n) is 6.01. The fourth-order valence-electron chi connectivity index (χ4n) is 3.94. The van der Waals surface area contributed by atoms with E-state index < -0.39 is 0 Å². The molecule has 0 aliphatic heterocycles. The first-order chi connectivity index (χ1) is 16.4. The smallest absolute Gasteiger partial charge is 0.251 e. The maximum absolute atomic E-state index is 12.9. The minimum absolute atomic E-state index is 0.116. The number of aryl methyl sites for hydroxylation is 1. The van der Waals surface area contributed by atoms with Gasteiger partial charge in [0.05, 0.1) is 11.4 Å². The maximum atomic E-state index is 12.9. The van der Waals surface area contributed by atoms with E-state index in [4.69, 9.17) is 4.74 Å². The van der Waals surface area contributed by atoms with Crippen LogP contribution < -0.4 is 10.1 Å². The average Bonchev–Trinajstić information content (AvgIpc) is 3.15. The first-order valence-corrected chi connectivity index (χ1v) is 11.6. The second-order valence-electron chi connectivity index (χ2n) is 8.79. The van der Waals surface area contributed by atoms with Crippen molar-refractivity contribution in [3.05, 3.63) is 113 Å². The third-order valence-corrected chi connectivity index (χ3v) is 6.01. The van der Waals surface area contributed by atoms with E-state index in [2.05, 4.69) is 36.4 Å². The van der Waals surface area contributed by atoms with Gasteiger partial charge in [-0.25, -0.2) is 4.68 Å². The number of nitrogens with one attached hydrogen (secondary N) is 1. The van der Waals surface area contributed by atoms with Gasteiger partial charge in [-0.05, 0) is 67.3 Å². The molecule has 1 N–H and O–H groups in total. The second kappa shape index (κ2) is 10.4. The van der Waals surface area contributed by atoms with Crippen molar-refractivity contribution >= 4 is 5.91 Å². The lowest BCUT2D eigenvalue weighted by Gasteiger charge is -2.10. The van der Waals surface area contributed by atoms with Crippen molar-refractivity contribution in [1.29, 1.82) is 0 Å². The van der Waals surface area contributed by atoms with Gasteiger partial charge in [0.1, 0.15) is 12.4 Å². The van der Waals surface area contributed by atoms with Crippen LogP contribution in [0.2, 0.25) is 0 Å². The van der Waals surface area contributed by atoms with Crippen molar-refractivity contribution < 1.29 is 9.53 Å².